The summed E-state index contributed by atoms with van der Waals surface area (Å²) in [7, 11) is 1.53. The van der Waals surface area contributed by atoms with E-state index in [1.54, 1.807) is 13.8 Å². The van der Waals surface area contributed by atoms with Gasteiger partial charge in [0.1, 0.15) is 11.6 Å². The molecule has 2 N–H and O–H groups in total. The first kappa shape index (κ1) is 14.6. The predicted octanol–water partition coefficient (Wildman–Crippen LogP) is 2.22. The third-order valence-electron chi connectivity index (χ3n) is 3.09. The molecule has 5 heteroatoms. The van der Waals surface area contributed by atoms with Gasteiger partial charge >= 0.3 is 0 Å². The van der Waals surface area contributed by atoms with Gasteiger partial charge in [0, 0.05) is 12.6 Å². The Morgan fingerprint density at radius 1 is 1.44 bits per heavy atom. The van der Waals surface area contributed by atoms with Gasteiger partial charge < -0.3 is 10.6 Å². The summed E-state index contributed by atoms with van der Waals surface area (Å²) in [5.74, 6) is -1.35. The van der Waals surface area contributed by atoms with Crippen molar-refractivity contribution in [3.05, 3.63) is 35.4 Å². The molecule has 2 atom stereocenters. The summed E-state index contributed by atoms with van der Waals surface area (Å²) in [5, 5.41) is 0. The van der Waals surface area contributed by atoms with E-state index in [1.165, 1.54) is 11.9 Å². The van der Waals surface area contributed by atoms with Crippen molar-refractivity contribution in [3.63, 3.8) is 0 Å². The van der Waals surface area contributed by atoms with Crippen LogP contribution in [0.3, 0.4) is 0 Å². The van der Waals surface area contributed by atoms with Crippen LogP contribution in [-0.2, 0) is 4.79 Å². The lowest BCUT2D eigenvalue weighted by atomic mass is 10.1. The van der Waals surface area contributed by atoms with Gasteiger partial charge in [0.2, 0.25) is 5.91 Å². The molecule has 0 saturated heterocycles. The van der Waals surface area contributed by atoms with E-state index < -0.39 is 23.7 Å². The number of benzene rings is 1. The van der Waals surface area contributed by atoms with E-state index in [9.17, 15) is 13.6 Å². The Morgan fingerprint density at radius 3 is 2.61 bits per heavy atom. The Bertz CT molecular complexity index is 437. The second-order valence-corrected chi connectivity index (χ2v) is 4.31. The number of likely N-dealkylation sites (N-methyl/N-ethyl adjacent to an activating group) is 1. The van der Waals surface area contributed by atoms with Crippen molar-refractivity contribution in [1.82, 2.24) is 4.90 Å². The van der Waals surface area contributed by atoms with Crippen LogP contribution in [0, 0.1) is 11.6 Å². The molecular formula is C13H18F2N2O. The van der Waals surface area contributed by atoms with E-state index in [0.717, 1.165) is 18.2 Å². The minimum Gasteiger partial charge on any atom is -0.338 e. The van der Waals surface area contributed by atoms with Gasteiger partial charge in [0.05, 0.1) is 12.1 Å². The van der Waals surface area contributed by atoms with Gasteiger partial charge in [0.25, 0.3) is 0 Å². The Hall–Kier alpha value is -1.49. The highest BCUT2D eigenvalue weighted by molar-refractivity contribution is 5.81. The van der Waals surface area contributed by atoms with Crippen molar-refractivity contribution in [3.8, 4) is 0 Å². The van der Waals surface area contributed by atoms with E-state index in [1.807, 2.05) is 0 Å². The molecule has 0 heterocycles. The van der Waals surface area contributed by atoms with E-state index in [0.29, 0.717) is 6.42 Å². The number of halogens is 2. The molecule has 100 valence electrons. The molecule has 1 aromatic carbocycles. The zero-order valence-corrected chi connectivity index (χ0v) is 10.8. The number of amides is 1. The van der Waals surface area contributed by atoms with Gasteiger partial charge in [-0.05, 0) is 31.5 Å². The summed E-state index contributed by atoms with van der Waals surface area (Å²) in [5.41, 5.74) is 5.79. The summed E-state index contributed by atoms with van der Waals surface area (Å²) in [6.07, 6.45) is 0.502. The molecule has 1 amide bonds. The fraction of sp³-hybridized carbons (Fsp3) is 0.462. The maximum absolute atomic E-state index is 13.6. The maximum atomic E-state index is 13.6. The molecule has 0 bridgehead atoms. The van der Waals surface area contributed by atoms with Crippen molar-refractivity contribution in [2.24, 2.45) is 5.73 Å². The maximum Gasteiger partial charge on any atom is 0.239 e. The van der Waals surface area contributed by atoms with Crippen molar-refractivity contribution in [1.29, 1.82) is 0 Å². The van der Waals surface area contributed by atoms with Crippen LogP contribution in [0.5, 0.6) is 0 Å². The quantitative estimate of drug-likeness (QED) is 0.897. The number of carbonyl (C=O) groups is 1. The highest BCUT2D eigenvalue weighted by Gasteiger charge is 2.23. The first-order valence-electron chi connectivity index (χ1n) is 5.85. The van der Waals surface area contributed by atoms with Crippen LogP contribution in [0.4, 0.5) is 8.78 Å². The van der Waals surface area contributed by atoms with Gasteiger partial charge in [-0.1, -0.05) is 6.92 Å². The first-order chi connectivity index (χ1) is 8.38. The minimum absolute atomic E-state index is 0.147. The van der Waals surface area contributed by atoms with Gasteiger partial charge in [0.15, 0.2) is 0 Å². The molecule has 1 rings (SSSR count). The SMILES string of the molecule is CC[C@H](N)C(=O)N(C)C(C)c1cc(F)ccc1F. The molecular weight excluding hydrogens is 238 g/mol. The standard InChI is InChI=1S/C13H18F2N2O/c1-4-12(16)13(18)17(3)8(2)10-7-9(14)5-6-11(10)15/h5-8,12H,4,16H2,1-3H3/t8?,12-/m0/s1. The van der Waals surface area contributed by atoms with Crippen molar-refractivity contribution in [2.45, 2.75) is 32.4 Å². The lowest BCUT2D eigenvalue weighted by Crippen LogP contribution is -2.42. The Labute approximate surface area is 106 Å². The smallest absolute Gasteiger partial charge is 0.239 e. The zero-order valence-electron chi connectivity index (χ0n) is 10.8. The van der Waals surface area contributed by atoms with Crippen LogP contribution < -0.4 is 5.73 Å². The van der Waals surface area contributed by atoms with Crippen molar-refractivity contribution < 1.29 is 13.6 Å². The third-order valence-corrected chi connectivity index (χ3v) is 3.09. The Balaban J connectivity index is 2.96. The molecule has 3 nitrogen and oxygen atoms in total. The molecule has 18 heavy (non-hydrogen) atoms. The largest absolute Gasteiger partial charge is 0.338 e. The van der Waals surface area contributed by atoms with E-state index in [-0.39, 0.29) is 11.5 Å². The van der Waals surface area contributed by atoms with Crippen LogP contribution in [0.15, 0.2) is 18.2 Å². The van der Waals surface area contributed by atoms with Crippen molar-refractivity contribution >= 4 is 5.91 Å². The fourth-order valence-electron chi connectivity index (χ4n) is 1.67. The molecule has 0 fully saturated rings. The summed E-state index contributed by atoms with van der Waals surface area (Å²) in [4.78, 5) is 13.2. The molecule has 0 aromatic heterocycles. The lowest BCUT2D eigenvalue weighted by molar-refractivity contribution is -0.133. The number of carbonyl (C=O) groups excluding carboxylic acids is 1. The Morgan fingerprint density at radius 2 is 2.06 bits per heavy atom. The molecule has 1 aromatic rings. The molecule has 0 aliphatic carbocycles. The monoisotopic (exact) mass is 256 g/mol. The summed E-state index contributed by atoms with van der Waals surface area (Å²) in [6.45, 7) is 3.43. The topological polar surface area (TPSA) is 46.3 Å². The zero-order chi connectivity index (χ0) is 13.9. The number of rotatable bonds is 4. The second kappa shape index (κ2) is 5.91. The predicted molar refractivity (Wildman–Crippen MR) is 65.8 cm³/mol. The highest BCUT2D eigenvalue weighted by atomic mass is 19.1. The van der Waals surface area contributed by atoms with Crippen LogP contribution in [-0.4, -0.2) is 23.9 Å². The van der Waals surface area contributed by atoms with Gasteiger partial charge in [-0.2, -0.15) is 0 Å². The fourth-order valence-corrected chi connectivity index (χ4v) is 1.67. The number of hydrogen-bond acceptors (Lipinski definition) is 2. The van der Waals surface area contributed by atoms with Crippen molar-refractivity contribution in [2.75, 3.05) is 7.05 Å². The molecule has 0 spiro atoms. The van der Waals surface area contributed by atoms with E-state index >= 15 is 0 Å². The van der Waals surface area contributed by atoms with E-state index in [4.69, 9.17) is 5.73 Å². The van der Waals surface area contributed by atoms with Crippen LogP contribution in [0.2, 0.25) is 0 Å². The summed E-state index contributed by atoms with van der Waals surface area (Å²) >= 11 is 0. The summed E-state index contributed by atoms with van der Waals surface area (Å²) in [6, 6.07) is 2.02. The number of nitrogens with two attached hydrogens (primary N) is 1. The second-order valence-electron chi connectivity index (χ2n) is 4.31. The molecule has 0 saturated carbocycles. The van der Waals surface area contributed by atoms with Gasteiger partial charge in [-0.3, -0.25) is 4.79 Å². The lowest BCUT2D eigenvalue weighted by Gasteiger charge is -2.27. The molecule has 1 unspecified atom stereocenters. The average Bonchev–Trinajstić information content (AvgIpc) is 2.38. The number of nitrogens with zero attached hydrogens (tertiary/aromatic N) is 1. The molecule has 0 aliphatic heterocycles. The van der Waals surface area contributed by atoms with Gasteiger partial charge in [-0.25, -0.2) is 8.78 Å². The minimum atomic E-state index is -0.617. The molecule has 0 aliphatic rings. The van der Waals surface area contributed by atoms with Crippen LogP contribution in [0.25, 0.3) is 0 Å². The number of hydrogen-bond donors (Lipinski definition) is 1. The summed E-state index contributed by atoms with van der Waals surface area (Å²) < 4.78 is 26.7. The normalized spacial score (nSPS) is 14.1. The highest BCUT2D eigenvalue weighted by Crippen LogP contribution is 2.23. The molecule has 0 radical (unpaired) electrons. The third kappa shape index (κ3) is 3.04. The first-order valence-corrected chi connectivity index (χ1v) is 5.85. The van der Waals surface area contributed by atoms with E-state index in [2.05, 4.69) is 0 Å². The average molecular weight is 256 g/mol. The van der Waals surface area contributed by atoms with Gasteiger partial charge in [-0.15, -0.1) is 0 Å². The van der Waals surface area contributed by atoms with Crippen LogP contribution >= 0.6 is 0 Å². The van der Waals surface area contributed by atoms with Crippen LogP contribution in [0.1, 0.15) is 31.9 Å². The Kier molecular flexibility index (Phi) is 4.78.